The van der Waals surface area contributed by atoms with Gasteiger partial charge in [-0.1, -0.05) is 41.5 Å². The van der Waals surface area contributed by atoms with Crippen LogP contribution in [0.2, 0.25) is 0 Å². The number of nitrogens with one attached hydrogen (secondary N) is 1. The Kier molecular flexibility index (Phi) is 7.42. The lowest BCUT2D eigenvalue weighted by molar-refractivity contribution is -0.249. The van der Waals surface area contributed by atoms with Gasteiger partial charge >= 0.3 is 0 Å². The Labute approximate surface area is 188 Å². The van der Waals surface area contributed by atoms with E-state index >= 15 is 0 Å². The van der Waals surface area contributed by atoms with Gasteiger partial charge in [0.15, 0.2) is 0 Å². The van der Waals surface area contributed by atoms with Crippen LogP contribution in [0.1, 0.15) is 93.2 Å². The molecule has 0 bridgehead atoms. The van der Waals surface area contributed by atoms with Crippen LogP contribution in [0.3, 0.4) is 0 Å². The number of nitrogens with zero attached hydrogens (tertiary/aromatic N) is 1. The van der Waals surface area contributed by atoms with E-state index in [2.05, 4.69) is 46.9 Å². The second-order valence-electron chi connectivity index (χ2n) is 12.0. The van der Waals surface area contributed by atoms with Crippen molar-refractivity contribution in [2.24, 2.45) is 5.92 Å². The van der Waals surface area contributed by atoms with Crippen LogP contribution in [0, 0.1) is 5.92 Å². The van der Waals surface area contributed by atoms with Crippen molar-refractivity contribution in [1.29, 1.82) is 0 Å². The fourth-order valence-electron chi connectivity index (χ4n) is 4.55. The van der Waals surface area contributed by atoms with Gasteiger partial charge in [0.05, 0.1) is 0 Å². The minimum Gasteiger partial charge on any atom is -0.507 e. The van der Waals surface area contributed by atoms with Gasteiger partial charge in [-0.15, -0.1) is 12.4 Å². The van der Waals surface area contributed by atoms with Crippen LogP contribution in [0.25, 0.3) is 0 Å². The van der Waals surface area contributed by atoms with Gasteiger partial charge in [0, 0.05) is 33.8 Å². The highest BCUT2D eigenvalue weighted by Gasteiger charge is 2.47. The Morgan fingerprint density at radius 1 is 0.967 bits per heavy atom. The normalized spacial score (nSPS) is 19.8. The summed E-state index contributed by atoms with van der Waals surface area (Å²) in [6.45, 7) is 20.2. The molecule has 1 aliphatic rings. The molecule has 0 atom stereocenters. The maximum atomic E-state index is 13.2. The Hall–Kier alpha value is -1.30. The molecule has 3 N–H and O–H groups in total. The largest absolute Gasteiger partial charge is 0.507 e. The molecule has 0 saturated carbocycles. The van der Waals surface area contributed by atoms with Gasteiger partial charge in [0.25, 0.3) is 0 Å². The topological polar surface area (TPSA) is 72.8 Å². The first kappa shape index (κ1) is 26.7. The summed E-state index contributed by atoms with van der Waals surface area (Å²) < 4.78 is 0. The van der Waals surface area contributed by atoms with Gasteiger partial charge < -0.3 is 15.6 Å². The number of amides is 1. The molecule has 0 aliphatic carbocycles. The number of anilines is 1. The molecule has 1 aliphatic heterocycles. The molecule has 6 heteroatoms. The van der Waals surface area contributed by atoms with E-state index in [4.69, 9.17) is 0 Å². The van der Waals surface area contributed by atoms with Gasteiger partial charge in [-0.3, -0.25) is 4.79 Å². The fraction of sp³-hybridized carbons (Fsp3) is 0.708. The van der Waals surface area contributed by atoms with E-state index < -0.39 is 11.1 Å². The number of carbonyl (C=O) groups excluding carboxylic acids is 1. The van der Waals surface area contributed by atoms with E-state index in [0.717, 1.165) is 11.1 Å². The number of hydrogen-bond donors (Lipinski definition) is 3. The number of aromatic hydroxyl groups is 1. The summed E-state index contributed by atoms with van der Waals surface area (Å²) in [5, 5.41) is 25.9. The van der Waals surface area contributed by atoms with Gasteiger partial charge in [0.1, 0.15) is 5.75 Å². The zero-order valence-electron chi connectivity index (χ0n) is 20.3. The van der Waals surface area contributed by atoms with Gasteiger partial charge in [-0.05, 0) is 63.5 Å². The molecule has 1 heterocycles. The molecule has 0 spiro atoms. The van der Waals surface area contributed by atoms with E-state index in [0.29, 0.717) is 24.3 Å². The fourth-order valence-corrected chi connectivity index (χ4v) is 4.55. The van der Waals surface area contributed by atoms with Crippen molar-refractivity contribution in [3.05, 3.63) is 23.3 Å². The van der Waals surface area contributed by atoms with Crippen molar-refractivity contribution in [1.82, 2.24) is 5.06 Å². The number of phenolic OH excluding ortho intramolecular Hbond substituents is 1. The number of halogens is 1. The standard InChI is InChI=1S/C24H40N2O3.ClH/c1-21(2,3)17-11-16(12-18(19(17)27)22(4,5)6)25-20(28)15-13-23(7,8)26(29)24(9,10)14-15;/h11-12,15,27,29H,13-14H2,1-10H3,(H,25,28);1H. The molecule has 5 nitrogen and oxygen atoms in total. The quantitative estimate of drug-likeness (QED) is 0.492. The molecule has 1 aromatic rings. The predicted molar refractivity (Wildman–Crippen MR) is 126 cm³/mol. The summed E-state index contributed by atoms with van der Waals surface area (Å²) in [5.41, 5.74) is 0.896. The molecule has 0 radical (unpaired) electrons. The van der Waals surface area contributed by atoms with Crippen molar-refractivity contribution < 1.29 is 15.1 Å². The van der Waals surface area contributed by atoms with Crippen LogP contribution in [-0.4, -0.2) is 32.4 Å². The first-order valence-corrected chi connectivity index (χ1v) is 10.5. The third-order valence-corrected chi connectivity index (χ3v) is 6.00. The smallest absolute Gasteiger partial charge is 0.227 e. The van der Waals surface area contributed by atoms with Crippen molar-refractivity contribution >= 4 is 24.0 Å². The summed E-state index contributed by atoms with van der Waals surface area (Å²) in [4.78, 5) is 13.2. The lowest BCUT2D eigenvalue weighted by Crippen LogP contribution is -2.60. The lowest BCUT2D eigenvalue weighted by atomic mass is 9.75. The van der Waals surface area contributed by atoms with Crippen molar-refractivity contribution in [2.45, 2.75) is 104 Å². The molecule has 172 valence electrons. The Balaban J connectivity index is 0.00000450. The van der Waals surface area contributed by atoms with E-state index in [1.807, 2.05) is 39.8 Å². The van der Waals surface area contributed by atoms with Gasteiger partial charge in [0.2, 0.25) is 5.91 Å². The molecular formula is C24H41ClN2O3. The van der Waals surface area contributed by atoms with E-state index in [9.17, 15) is 15.1 Å². The number of benzene rings is 1. The lowest BCUT2D eigenvalue weighted by Gasteiger charge is -2.51. The number of phenols is 1. The second-order valence-corrected chi connectivity index (χ2v) is 12.0. The number of hydroxylamine groups is 2. The number of piperidine rings is 1. The van der Waals surface area contributed by atoms with Crippen LogP contribution in [-0.2, 0) is 15.6 Å². The number of carbonyl (C=O) groups is 1. The van der Waals surface area contributed by atoms with Gasteiger partial charge in [-0.2, -0.15) is 5.06 Å². The number of hydrogen-bond acceptors (Lipinski definition) is 4. The van der Waals surface area contributed by atoms with Crippen molar-refractivity contribution in [2.75, 3.05) is 5.32 Å². The highest BCUT2D eigenvalue weighted by molar-refractivity contribution is 5.93. The van der Waals surface area contributed by atoms with Crippen LogP contribution in [0.15, 0.2) is 12.1 Å². The SMILES string of the molecule is CC(C)(C)c1cc(NC(=O)C2CC(C)(C)N(O)C(C)(C)C2)cc(C(C)(C)C)c1O.Cl. The van der Waals surface area contributed by atoms with Crippen LogP contribution in [0.5, 0.6) is 5.75 Å². The van der Waals surface area contributed by atoms with E-state index in [1.54, 1.807) is 0 Å². The molecule has 1 amide bonds. The van der Waals surface area contributed by atoms with Crippen molar-refractivity contribution in [3.63, 3.8) is 0 Å². The Morgan fingerprint density at radius 3 is 1.67 bits per heavy atom. The third-order valence-electron chi connectivity index (χ3n) is 6.00. The van der Waals surface area contributed by atoms with Crippen LogP contribution in [0.4, 0.5) is 5.69 Å². The average Bonchev–Trinajstić information content (AvgIpc) is 2.51. The molecule has 1 fully saturated rings. The average molecular weight is 441 g/mol. The monoisotopic (exact) mass is 440 g/mol. The molecular weight excluding hydrogens is 400 g/mol. The first-order chi connectivity index (χ1) is 12.9. The summed E-state index contributed by atoms with van der Waals surface area (Å²) in [7, 11) is 0. The summed E-state index contributed by atoms with van der Waals surface area (Å²) >= 11 is 0. The molecule has 0 aromatic heterocycles. The van der Waals surface area contributed by atoms with Crippen LogP contribution < -0.4 is 5.32 Å². The zero-order chi connectivity index (χ0) is 22.6. The summed E-state index contributed by atoms with van der Waals surface area (Å²) in [6, 6.07) is 3.78. The number of rotatable bonds is 2. The Bertz CT molecular complexity index is 736. The minimum absolute atomic E-state index is 0. The van der Waals surface area contributed by atoms with Crippen LogP contribution >= 0.6 is 12.4 Å². The second kappa shape index (κ2) is 8.33. The highest BCUT2D eigenvalue weighted by Crippen LogP contribution is 2.43. The molecule has 0 unspecified atom stereocenters. The van der Waals surface area contributed by atoms with E-state index in [1.165, 1.54) is 5.06 Å². The first-order valence-electron chi connectivity index (χ1n) is 10.5. The Morgan fingerprint density at radius 2 is 1.33 bits per heavy atom. The molecule has 30 heavy (non-hydrogen) atoms. The van der Waals surface area contributed by atoms with E-state index in [-0.39, 0.29) is 35.1 Å². The zero-order valence-corrected chi connectivity index (χ0v) is 21.1. The maximum absolute atomic E-state index is 13.2. The molecule has 2 rings (SSSR count). The summed E-state index contributed by atoms with van der Waals surface area (Å²) in [6.07, 6.45) is 1.16. The molecule has 1 aromatic carbocycles. The third kappa shape index (κ3) is 5.49. The minimum atomic E-state index is -0.480. The highest BCUT2D eigenvalue weighted by atomic mass is 35.5. The molecule has 1 saturated heterocycles. The predicted octanol–water partition coefficient (Wildman–Crippen LogP) is 6.01. The van der Waals surface area contributed by atoms with Gasteiger partial charge in [-0.25, -0.2) is 0 Å². The summed E-state index contributed by atoms with van der Waals surface area (Å²) in [5.74, 6) is 0.0666. The van der Waals surface area contributed by atoms with Crippen molar-refractivity contribution in [3.8, 4) is 5.75 Å². The maximum Gasteiger partial charge on any atom is 0.227 e.